The van der Waals surface area contributed by atoms with Crippen molar-refractivity contribution >= 4 is 21.5 Å². The minimum atomic E-state index is -2.57. The van der Waals surface area contributed by atoms with E-state index in [9.17, 15) is 9.59 Å². The minimum absolute atomic E-state index is 0.110. The molecule has 6 heteroatoms. The molecule has 0 heterocycles. The number of carbonyl (C=O) groups excluding carboxylic acids is 2. The van der Waals surface area contributed by atoms with E-state index in [2.05, 4.69) is 6.58 Å². The maximum absolute atomic E-state index is 12.0. The summed E-state index contributed by atoms with van der Waals surface area (Å²) in [4.78, 5) is 24.1. The first kappa shape index (κ1) is 16.7. The van der Waals surface area contributed by atoms with Crippen molar-refractivity contribution < 1.29 is 22.9 Å². The molecule has 0 saturated heterocycles. The lowest BCUT2D eigenvalue weighted by molar-refractivity contribution is 0.0467. The van der Waals surface area contributed by atoms with Crippen molar-refractivity contribution in [3.05, 3.63) is 84.4 Å². The van der Waals surface area contributed by atoms with Gasteiger partial charge in [-0.2, -0.15) is 0 Å². The fourth-order valence-corrected chi connectivity index (χ4v) is 2.58. The van der Waals surface area contributed by atoms with Crippen molar-refractivity contribution in [3.63, 3.8) is 0 Å². The van der Waals surface area contributed by atoms with Crippen LogP contribution in [0.25, 0.3) is 0 Å². The fourth-order valence-electron chi connectivity index (χ4n) is 1.62. The highest BCUT2D eigenvalue weighted by Crippen LogP contribution is 2.07. The van der Waals surface area contributed by atoms with Crippen molar-refractivity contribution in [2.45, 2.75) is 0 Å². The van der Waals surface area contributed by atoms with E-state index in [0.29, 0.717) is 11.1 Å². The largest absolute Gasteiger partial charge is 0.741 e. The third-order valence-corrected chi connectivity index (χ3v) is 3.80. The second-order valence-corrected chi connectivity index (χ2v) is 5.56. The quantitative estimate of drug-likeness (QED) is 0.578. The molecular weight excluding hydrogens is 312 g/mol. The monoisotopic (exact) mass is 327 g/mol. The summed E-state index contributed by atoms with van der Waals surface area (Å²) in [5, 5.41) is 0. The van der Waals surface area contributed by atoms with E-state index in [1.165, 1.54) is 6.08 Å². The SMILES string of the molecule is C=CCO[Si](OC(=O)c1ccccc1)OC(=O)c1ccccc1. The molecule has 0 unspecified atom stereocenters. The van der Waals surface area contributed by atoms with E-state index in [4.69, 9.17) is 13.3 Å². The Morgan fingerprint density at radius 1 is 0.870 bits per heavy atom. The van der Waals surface area contributed by atoms with Gasteiger partial charge in [-0.05, 0) is 24.3 Å². The Balaban J connectivity index is 2.03. The highest BCUT2D eigenvalue weighted by atomic mass is 28.3. The second kappa shape index (κ2) is 8.67. The van der Waals surface area contributed by atoms with E-state index in [1.54, 1.807) is 60.7 Å². The summed E-state index contributed by atoms with van der Waals surface area (Å²) in [6.07, 6.45) is 1.48. The molecule has 0 fully saturated rings. The van der Waals surface area contributed by atoms with Crippen LogP contribution in [0, 0.1) is 0 Å². The highest BCUT2D eigenvalue weighted by Gasteiger charge is 2.30. The molecule has 0 aliphatic carbocycles. The summed E-state index contributed by atoms with van der Waals surface area (Å²) in [5.74, 6) is -1.21. The smallest absolute Gasteiger partial charge is 0.457 e. The van der Waals surface area contributed by atoms with E-state index < -0.39 is 21.5 Å². The Labute approximate surface area is 136 Å². The van der Waals surface area contributed by atoms with Crippen LogP contribution in [-0.4, -0.2) is 28.1 Å². The molecule has 5 nitrogen and oxygen atoms in total. The molecule has 0 saturated carbocycles. The van der Waals surface area contributed by atoms with Crippen LogP contribution in [0.5, 0.6) is 0 Å². The molecule has 0 aromatic heterocycles. The van der Waals surface area contributed by atoms with Gasteiger partial charge in [0.2, 0.25) is 0 Å². The number of carbonyl (C=O) groups is 2. The zero-order valence-electron chi connectivity index (χ0n) is 12.3. The normalized spacial score (nSPS) is 10.1. The molecule has 0 N–H and O–H groups in total. The summed E-state index contributed by atoms with van der Waals surface area (Å²) in [6, 6.07) is 16.8. The third kappa shape index (κ3) is 5.21. The summed E-state index contributed by atoms with van der Waals surface area (Å²) < 4.78 is 15.6. The van der Waals surface area contributed by atoms with Crippen LogP contribution in [0.2, 0.25) is 0 Å². The summed E-state index contributed by atoms with van der Waals surface area (Å²) in [6.45, 7) is 3.63. The van der Waals surface area contributed by atoms with Crippen LogP contribution in [0.1, 0.15) is 20.7 Å². The van der Waals surface area contributed by atoms with Crippen LogP contribution in [0.15, 0.2) is 73.3 Å². The van der Waals surface area contributed by atoms with Gasteiger partial charge in [-0.15, -0.1) is 6.58 Å². The third-order valence-electron chi connectivity index (χ3n) is 2.69. The average Bonchev–Trinajstić information content (AvgIpc) is 2.61. The van der Waals surface area contributed by atoms with Gasteiger partial charge in [-0.25, -0.2) is 9.59 Å². The second-order valence-electron chi connectivity index (χ2n) is 4.36. The van der Waals surface area contributed by atoms with Gasteiger partial charge in [0, 0.05) is 0 Å². The maximum atomic E-state index is 12.0. The van der Waals surface area contributed by atoms with Crippen LogP contribution < -0.4 is 0 Å². The summed E-state index contributed by atoms with van der Waals surface area (Å²) in [7, 11) is -2.57. The Hall–Kier alpha value is -2.70. The lowest BCUT2D eigenvalue weighted by Gasteiger charge is -2.13. The molecule has 2 rings (SSSR count). The molecule has 23 heavy (non-hydrogen) atoms. The van der Waals surface area contributed by atoms with Crippen LogP contribution in [0.4, 0.5) is 0 Å². The van der Waals surface area contributed by atoms with Gasteiger partial charge in [-0.1, -0.05) is 42.5 Å². The Kier molecular flexibility index (Phi) is 6.28. The standard InChI is InChI=1S/C17H15O5Si/c1-2-13-20-23(21-16(18)14-9-5-3-6-10-14)22-17(19)15-11-7-4-8-12-15/h2-12H,1,13H2. The van der Waals surface area contributed by atoms with Crippen molar-refractivity contribution in [1.29, 1.82) is 0 Å². The fraction of sp³-hybridized carbons (Fsp3) is 0.0588. The van der Waals surface area contributed by atoms with Crippen molar-refractivity contribution in [1.82, 2.24) is 0 Å². The van der Waals surface area contributed by atoms with Gasteiger partial charge in [0.15, 0.2) is 0 Å². The summed E-state index contributed by atoms with van der Waals surface area (Å²) >= 11 is 0. The predicted octanol–water partition coefficient (Wildman–Crippen LogP) is 2.89. The zero-order valence-corrected chi connectivity index (χ0v) is 13.3. The number of hydrogen-bond acceptors (Lipinski definition) is 5. The van der Waals surface area contributed by atoms with Gasteiger partial charge < -0.3 is 13.3 Å². The molecule has 0 spiro atoms. The van der Waals surface area contributed by atoms with Gasteiger partial charge in [-0.3, -0.25) is 0 Å². The van der Waals surface area contributed by atoms with Crippen molar-refractivity contribution in [2.24, 2.45) is 0 Å². The molecular formula is C17H15O5Si. The van der Waals surface area contributed by atoms with Crippen LogP contribution >= 0.6 is 0 Å². The van der Waals surface area contributed by atoms with E-state index in [1.807, 2.05) is 0 Å². The zero-order chi connectivity index (χ0) is 16.5. The lowest BCUT2D eigenvalue weighted by atomic mass is 10.2. The highest BCUT2D eigenvalue weighted by molar-refractivity contribution is 6.43. The first-order chi connectivity index (χ1) is 11.2. The van der Waals surface area contributed by atoms with Gasteiger partial charge in [0.05, 0.1) is 17.7 Å². The van der Waals surface area contributed by atoms with E-state index in [0.717, 1.165) is 0 Å². The maximum Gasteiger partial charge on any atom is 0.741 e. The molecule has 0 atom stereocenters. The predicted molar refractivity (Wildman–Crippen MR) is 85.6 cm³/mol. The van der Waals surface area contributed by atoms with E-state index in [-0.39, 0.29) is 6.61 Å². The van der Waals surface area contributed by atoms with Gasteiger partial charge >= 0.3 is 21.5 Å². The number of benzene rings is 2. The van der Waals surface area contributed by atoms with Crippen LogP contribution in [-0.2, 0) is 13.3 Å². The Morgan fingerprint density at radius 3 is 1.70 bits per heavy atom. The topological polar surface area (TPSA) is 61.8 Å². The molecule has 0 aliphatic heterocycles. The first-order valence-corrected chi connectivity index (χ1v) is 8.08. The molecule has 2 aromatic rings. The first-order valence-electron chi connectivity index (χ1n) is 6.86. The molecule has 117 valence electrons. The van der Waals surface area contributed by atoms with Crippen LogP contribution in [0.3, 0.4) is 0 Å². The minimum Gasteiger partial charge on any atom is -0.457 e. The summed E-state index contributed by atoms with van der Waals surface area (Å²) in [5.41, 5.74) is 0.709. The Bertz CT molecular complexity index is 604. The number of rotatable bonds is 7. The molecule has 0 bridgehead atoms. The number of hydrogen-bond donors (Lipinski definition) is 0. The average molecular weight is 327 g/mol. The van der Waals surface area contributed by atoms with E-state index >= 15 is 0 Å². The van der Waals surface area contributed by atoms with Gasteiger partial charge in [0.25, 0.3) is 0 Å². The molecule has 0 aliphatic rings. The van der Waals surface area contributed by atoms with Gasteiger partial charge in [0.1, 0.15) is 0 Å². The molecule has 1 radical (unpaired) electrons. The van der Waals surface area contributed by atoms with Crippen molar-refractivity contribution in [2.75, 3.05) is 6.61 Å². The molecule has 2 aromatic carbocycles. The van der Waals surface area contributed by atoms with Crippen molar-refractivity contribution in [3.8, 4) is 0 Å². The lowest BCUT2D eigenvalue weighted by Crippen LogP contribution is -2.32. The Morgan fingerprint density at radius 2 is 1.30 bits per heavy atom. The molecule has 0 amide bonds.